The van der Waals surface area contributed by atoms with E-state index in [2.05, 4.69) is 15.3 Å². The first-order valence-electron chi connectivity index (χ1n) is 5.86. The molecule has 0 saturated heterocycles. The van der Waals surface area contributed by atoms with Crippen LogP contribution in [0.1, 0.15) is 17.5 Å². The van der Waals surface area contributed by atoms with Gasteiger partial charge in [-0.3, -0.25) is 10.1 Å². The quantitative estimate of drug-likeness (QED) is 0.894. The fraction of sp³-hybridized carbons (Fsp3) is 0.214. The summed E-state index contributed by atoms with van der Waals surface area (Å²) in [5, 5.41) is 2.66. The molecule has 92 valence electrons. The molecule has 2 aromatic rings. The summed E-state index contributed by atoms with van der Waals surface area (Å²) in [6, 6.07) is 9.90. The zero-order chi connectivity index (χ0) is 12.8. The van der Waals surface area contributed by atoms with Crippen LogP contribution in [0.2, 0.25) is 0 Å². The van der Waals surface area contributed by atoms with Crippen molar-refractivity contribution >= 4 is 11.9 Å². The first-order valence-corrected chi connectivity index (χ1v) is 5.86. The first-order chi connectivity index (χ1) is 8.74. The van der Waals surface area contributed by atoms with E-state index in [1.807, 2.05) is 31.2 Å². The molecular formula is C14H15N3O. The second-order valence-electron chi connectivity index (χ2n) is 4.11. The molecule has 0 aliphatic heterocycles. The van der Waals surface area contributed by atoms with Crippen LogP contribution < -0.4 is 5.32 Å². The van der Waals surface area contributed by atoms with Crippen LogP contribution in [0.25, 0.3) is 0 Å². The highest BCUT2D eigenvalue weighted by molar-refractivity contribution is 5.88. The number of aryl methyl sites for hydroxylation is 2. The van der Waals surface area contributed by atoms with Crippen molar-refractivity contribution < 1.29 is 4.79 Å². The molecule has 0 spiro atoms. The normalized spacial score (nSPS) is 10.1. The van der Waals surface area contributed by atoms with Gasteiger partial charge in [0.05, 0.1) is 0 Å². The lowest BCUT2D eigenvalue weighted by molar-refractivity contribution is -0.116. The van der Waals surface area contributed by atoms with E-state index < -0.39 is 0 Å². The molecular weight excluding hydrogens is 226 g/mol. The van der Waals surface area contributed by atoms with E-state index in [0.29, 0.717) is 12.4 Å². The maximum atomic E-state index is 11.7. The number of hydrogen-bond acceptors (Lipinski definition) is 3. The Balaban J connectivity index is 1.83. The third-order valence-corrected chi connectivity index (χ3v) is 2.58. The van der Waals surface area contributed by atoms with Gasteiger partial charge in [0.2, 0.25) is 11.9 Å². The van der Waals surface area contributed by atoms with Crippen molar-refractivity contribution in [2.45, 2.75) is 19.8 Å². The van der Waals surface area contributed by atoms with E-state index in [0.717, 1.165) is 12.0 Å². The Morgan fingerprint density at radius 1 is 1.17 bits per heavy atom. The highest BCUT2D eigenvalue weighted by Crippen LogP contribution is 2.06. The standard InChI is InChI=1S/C14H15N3O/c1-11-3-5-12(6-4-11)7-8-13(18)17-14-15-9-2-10-16-14/h2-6,9-10H,7-8H2,1H3,(H,15,16,17,18). The molecule has 1 aromatic heterocycles. The van der Waals surface area contributed by atoms with Crippen LogP contribution in [0, 0.1) is 6.92 Å². The van der Waals surface area contributed by atoms with Crippen LogP contribution in [0.3, 0.4) is 0 Å². The van der Waals surface area contributed by atoms with Gasteiger partial charge in [-0.25, -0.2) is 9.97 Å². The number of hydrogen-bond donors (Lipinski definition) is 1. The Morgan fingerprint density at radius 2 is 1.83 bits per heavy atom. The molecule has 1 N–H and O–H groups in total. The molecule has 18 heavy (non-hydrogen) atoms. The minimum Gasteiger partial charge on any atom is -0.295 e. The number of carbonyl (C=O) groups is 1. The molecule has 0 aliphatic carbocycles. The summed E-state index contributed by atoms with van der Waals surface area (Å²) < 4.78 is 0. The molecule has 1 amide bonds. The molecule has 0 atom stereocenters. The number of anilines is 1. The van der Waals surface area contributed by atoms with Gasteiger partial charge >= 0.3 is 0 Å². The number of carbonyl (C=O) groups excluding carboxylic acids is 1. The molecule has 0 unspecified atom stereocenters. The van der Waals surface area contributed by atoms with Crippen molar-refractivity contribution in [3.8, 4) is 0 Å². The zero-order valence-electron chi connectivity index (χ0n) is 10.3. The summed E-state index contributed by atoms with van der Waals surface area (Å²) in [7, 11) is 0. The van der Waals surface area contributed by atoms with Crippen molar-refractivity contribution in [2.75, 3.05) is 5.32 Å². The second-order valence-corrected chi connectivity index (χ2v) is 4.11. The fourth-order valence-electron chi connectivity index (χ4n) is 1.56. The number of rotatable bonds is 4. The fourth-order valence-corrected chi connectivity index (χ4v) is 1.56. The molecule has 4 nitrogen and oxygen atoms in total. The van der Waals surface area contributed by atoms with Crippen LogP contribution in [0.4, 0.5) is 5.95 Å². The molecule has 1 aromatic carbocycles. The van der Waals surface area contributed by atoms with Crippen LogP contribution in [-0.4, -0.2) is 15.9 Å². The summed E-state index contributed by atoms with van der Waals surface area (Å²) in [5.74, 6) is 0.285. The van der Waals surface area contributed by atoms with Crippen LogP contribution in [0.5, 0.6) is 0 Å². The van der Waals surface area contributed by atoms with Crippen LogP contribution >= 0.6 is 0 Å². The number of benzene rings is 1. The summed E-state index contributed by atoms with van der Waals surface area (Å²) >= 11 is 0. The number of amides is 1. The zero-order valence-corrected chi connectivity index (χ0v) is 10.3. The lowest BCUT2D eigenvalue weighted by atomic mass is 10.1. The SMILES string of the molecule is Cc1ccc(CCC(=O)Nc2ncccn2)cc1. The van der Waals surface area contributed by atoms with Gasteiger partial charge in [0.15, 0.2) is 0 Å². The average Bonchev–Trinajstić information content (AvgIpc) is 2.39. The minimum atomic E-state index is -0.0678. The summed E-state index contributed by atoms with van der Waals surface area (Å²) in [4.78, 5) is 19.5. The molecule has 0 fully saturated rings. The molecule has 0 bridgehead atoms. The van der Waals surface area contributed by atoms with Gasteiger partial charge in [0.1, 0.15) is 0 Å². The number of nitrogens with zero attached hydrogens (tertiary/aromatic N) is 2. The van der Waals surface area contributed by atoms with Gasteiger partial charge in [-0.1, -0.05) is 29.8 Å². The van der Waals surface area contributed by atoms with Gasteiger partial charge in [0.25, 0.3) is 0 Å². The Labute approximate surface area is 106 Å². The largest absolute Gasteiger partial charge is 0.295 e. The highest BCUT2D eigenvalue weighted by Gasteiger charge is 2.04. The monoisotopic (exact) mass is 241 g/mol. The van der Waals surface area contributed by atoms with Gasteiger partial charge in [-0.05, 0) is 25.0 Å². The van der Waals surface area contributed by atoms with Crippen LogP contribution in [0.15, 0.2) is 42.7 Å². The van der Waals surface area contributed by atoms with Crippen molar-refractivity contribution in [3.05, 3.63) is 53.9 Å². The maximum Gasteiger partial charge on any atom is 0.229 e. The van der Waals surface area contributed by atoms with E-state index >= 15 is 0 Å². The maximum absolute atomic E-state index is 11.7. The molecule has 0 radical (unpaired) electrons. The average molecular weight is 241 g/mol. The summed E-state index contributed by atoms with van der Waals surface area (Å²) in [6.45, 7) is 2.04. The van der Waals surface area contributed by atoms with Gasteiger partial charge in [0, 0.05) is 18.8 Å². The van der Waals surface area contributed by atoms with Crippen molar-refractivity contribution in [2.24, 2.45) is 0 Å². The smallest absolute Gasteiger partial charge is 0.229 e. The lowest BCUT2D eigenvalue weighted by Crippen LogP contribution is -2.14. The second kappa shape index (κ2) is 5.91. The van der Waals surface area contributed by atoms with E-state index in [4.69, 9.17) is 0 Å². The Hall–Kier alpha value is -2.23. The number of aromatic nitrogens is 2. The minimum absolute atomic E-state index is 0.0678. The molecule has 0 aliphatic rings. The topological polar surface area (TPSA) is 54.9 Å². The predicted octanol–water partition coefficient (Wildman–Crippen LogP) is 2.36. The van der Waals surface area contributed by atoms with Crippen molar-refractivity contribution in [1.29, 1.82) is 0 Å². The lowest BCUT2D eigenvalue weighted by Gasteiger charge is -2.03. The van der Waals surface area contributed by atoms with E-state index in [9.17, 15) is 4.79 Å². The molecule has 4 heteroatoms. The third kappa shape index (κ3) is 3.66. The van der Waals surface area contributed by atoms with E-state index in [1.165, 1.54) is 5.56 Å². The van der Waals surface area contributed by atoms with Gasteiger partial charge < -0.3 is 0 Å². The third-order valence-electron chi connectivity index (χ3n) is 2.58. The predicted molar refractivity (Wildman–Crippen MR) is 70.2 cm³/mol. The van der Waals surface area contributed by atoms with Gasteiger partial charge in [-0.15, -0.1) is 0 Å². The van der Waals surface area contributed by atoms with Crippen molar-refractivity contribution in [3.63, 3.8) is 0 Å². The van der Waals surface area contributed by atoms with E-state index in [1.54, 1.807) is 18.5 Å². The molecule has 1 heterocycles. The van der Waals surface area contributed by atoms with Gasteiger partial charge in [-0.2, -0.15) is 0 Å². The summed E-state index contributed by atoms with van der Waals surface area (Å²) in [5.41, 5.74) is 2.38. The van der Waals surface area contributed by atoms with Crippen molar-refractivity contribution in [1.82, 2.24) is 9.97 Å². The van der Waals surface area contributed by atoms with E-state index in [-0.39, 0.29) is 5.91 Å². The molecule has 2 rings (SSSR count). The highest BCUT2D eigenvalue weighted by atomic mass is 16.1. The molecule has 0 saturated carbocycles. The summed E-state index contributed by atoms with van der Waals surface area (Å²) in [6.07, 6.45) is 4.35. The Kier molecular flexibility index (Phi) is 4.02. The Bertz CT molecular complexity index is 508. The first kappa shape index (κ1) is 12.2. The van der Waals surface area contributed by atoms with Crippen LogP contribution in [-0.2, 0) is 11.2 Å². The Morgan fingerprint density at radius 3 is 2.50 bits per heavy atom. The number of nitrogens with one attached hydrogen (secondary N) is 1.